The first-order chi connectivity index (χ1) is 15.1. The number of anilines is 1. The lowest BCUT2D eigenvalue weighted by Gasteiger charge is -2.34. The molecule has 1 fully saturated rings. The topological polar surface area (TPSA) is 55.8 Å². The van der Waals surface area contributed by atoms with Gasteiger partial charge in [0.25, 0.3) is 0 Å². The quantitative estimate of drug-likeness (QED) is 0.296. The summed E-state index contributed by atoms with van der Waals surface area (Å²) in [4.78, 5) is 14.3. The number of aromatic nitrogens is 1. The number of pyridine rings is 1. The van der Waals surface area contributed by atoms with E-state index in [1.807, 2.05) is 6.20 Å². The minimum absolute atomic E-state index is 0. The van der Waals surface area contributed by atoms with Crippen molar-refractivity contribution < 1.29 is 0 Å². The van der Waals surface area contributed by atoms with E-state index in [4.69, 9.17) is 4.99 Å². The van der Waals surface area contributed by atoms with E-state index in [0.717, 1.165) is 57.6 Å². The third kappa shape index (κ3) is 7.92. The lowest BCUT2D eigenvalue weighted by Crippen LogP contribution is -2.46. The number of benzene rings is 1. The fourth-order valence-electron chi connectivity index (χ4n) is 3.80. The molecule has 1 aromatic heterocycles. The highest BCUT2D eigenvalue weighted by Crippen LogP contribution is 2.16. The number of hydrogen-bond donors (Lipinski definition) is 2. The summed E-state index contributed by atoms with van der Waals surface area (Å²) in [5, 5.41) is 6.87. The van der Waals surface area contributed by atoms with Crippen LogP contribution in [0.25, 0.3) is 0 Å². The molecule has 32 heavy (non-hydrogen) atoms. The van der Waals surface area contributed by atoms with E-state index in [2.05, 4.69) is 89.5 Å². The minimum Gasteiger partial charge on any atom is -0.357 e. The summed E-state index contributed by atoms with van der Waals surface area (Å²) >= 11 is 0. The fraction of sp³-hybridized carbons (Fsp3) is 0.520. The van der Waals surface area contributed by atoms with Crippen LogP contribution in [-0.4, -0.2) is 61.7 Å². The van der Waals surface area contributed by atoms with Gasteiger partial charge in [-0.25, -0.2) is 9.98 Å². The molecule has 1 aliphatic heterocycles. The Balaban J connectivity index is 0.00000363. The van der Waals surface area contributed by atoms with Crippen LogP contribution < -0.4 is 15.5 Å². The average Bonchev–Trinajstić information content (AvgIpc) is 2.81. The molecule has 0 spiro atoms. The monoisotopic (exact) mass is 550 g/mol. The molecule has 1 saturated heterocycles. The van der Waals surface area contributed by atoms with E-state index in [-0.39, 0.29) is 24.0 Å². The van der Waals surface area contributed by atoms with Crippen molar-refractivity contribution in [2.75, 3.05) is 50.7 Å². The number of likely N-dealkylation sites (N-methyl/N-ethyl adjacent to an activating group) is 1. The molecule has 0 aliphatic carbocycles. The molecule has 1 aromatic carbocycles. The van der Waals surface area contributed by atoms with Crippen LogP contribution in [0, 0.1) is 6.92 Å². The Bertz CT molecular complexity index is 831. The Hall–Kier alpha value is -1.87. The second-order valence-electron chi connectivity index (χ2n) is 8.33. The van der Waals surface area contributed by atoms with E-state index >= 15 is 0 Å². The van der Waals surface area contributed by atoms with Gasteiger partial charge in [-0.3, -0.25) is 0 Å². The fourth-order valence-corrected chi connectivity index (χ4v) is 3.80. The maximum atomic E-state index is 4.81. The molecule has 2 N–H and O–H groups in total. The SMILES string of the molecule is CCNC(=NCc1ccnc(N2CCN(CC)CC2)c1)NCC(C)c1ccc(C)cc1.I. The van der Waals surface area contributed by atoms with Gasteiger partial charge in [0, 0.05) is 45.5 Å². The number of rotatable bonds is 8. The van der Waals surface area contributed by atoms with Gasteiger partial charge in [-0.2, -0.15) is 0 Å². The van der Waals surface area contributed by atoms with Gasteiger partial charge in [0.2, 0.25) is 0 Å². The van der Waals surface area contributed by atoms with Gasteiger partial charge in [-0.05, 0) is 49.6 Å². The Labute approximate surface area is 210 Å². The molecule has 2 aromatic rings. The average molecular weight is 551 g/mol. The Kier molecular flexibility index (Phi) is 11.2. The molecule has 0 amide bonds. The Morgan fingerprint density at radius 1 is 1.06 bits per heavy atom. The second-order valence-corrected chi connectivity index (χ2v) is 8.33. The molecule has 2 heterocycles. The van der Waals surface area contributed by atoms with Crippen molar-refractivity contribution in [3.63, 3.8) is 0 Å². The molecular formula is C25H39IN6. The normalized spacial score (nSPS) is 15.8. The van der Waals surface area contributed by atoms with Crippen LogP contribution in [0.3, 0.4) is 0 Å². The lowest BCUT2D eigenvalue weighted by molar-refractivity contribution is 0.270. The Morgan fingerprint density at radius 2 is 1.78 bits per heavy atom. The molecule has 0 bridgehead atoms. The predicted molar refractivity (Wildman–Crippen MR) is 146 cm³/mol. The van der Waals surface area contributed by atoms with Crippen molar-refractivity contribution in [3.8, 4) is 0 Å². The summed E-state index contributed by atoms with van der Waals surface area (Å²) in [6, 6.07) is 13.0. The first kappa shape index (κ1) is 26.4. The summed E-state index contributed by atoms with van der Waals surface area (Å²) in [6.45, 7) is 16.4. The first-order valence-electron chi connectivity index (χ1n) is 11.6. The summed E-state index contributed by atoms with van der Waals surface area (Å²) in [5.41, 5.74) is 3.82. The number of nitrogens with zero attached hydrogens (tertiary/aromatic N) is 4. The standard InChI is InChI=1S/C25H38N6.HI/c1-5-26-25(28-18-21(4)23-9-7-20(3)8-10-23)29-19-22-11-12-27-24(17-22)31-15-13-30(6-2)14-16-31;/h7-12,17,21H,5-6,13-16,18-19H2,1-4H3,(H2,26,28,29);1H. The highest BCUT2D eigenvalue weighted by molar-refractivity contribution is 14.0. The molecule has 7 heteroatoms. The van der Waals surface area contributed by atoms with Crippen LogP contribution in [0.4, 0.5) is 5.82 Å². The maximum Gasteiger partial charge on any atom is 0.191 e. The predicted octanol–water partition coefficient (Wildman–Crippen LogP) is 4.01. The molecule has 176 valence electrons. The zero-order valence-corrected chi connectivity index (χ0v) is 22.3. The van der Waals surface area contributed by atoms with E-state index in [1.165, 1.54) is 16.7 Å². The summed E-state index contributed by atoms with van der Waals surface area (Å²) in [5.74, 6) is 2.34. The van der Waals surface area contributed by atoms with E-state index in [9.17, 15) is 0 Å². The summed E-state index contributed by atoms with van der Waals surface area (Å²) < 4.78 is 0. The highest BCUT2D eigenvalue weighted by Gasteiger charge is 2.16. The van der Waals surface area contributed by atoms with E-state index in [1.54, 1.807) is 0 Å². The minimum atomic E-state index is 0. The molecule has 1 unspecified atom stereocenters. The second kappa shape index (κ2) is 13.6. The third-order valence-corrected chi connectivity index (χ3v) is 5.94. The van der Waals surface area contributed by atoms with Crippen LogP contribution in [0.15, 0.2) is 47.6 Å². The van der Waals surface area contributed by atoms with Crippen molar-refractivity contribution in [1.82, 2.24) is 20.5 Å². The number of aliphatic imine (C=N–C) groups is 1. The van der Waals surface area contributed by atoms with Crippen LogP contribution in [0.1, 0.15) is 43.4 Å². The molecule has 0 saturated carbocycles. The van der Waals surface area contributed by atoms with Gasteiger partial charge >= 0.3 is 0 Å². The smallest absolute Gasteiger partial charge is 0.191 e. The summed E-state index contributed by atoms with van der Waals surface area (Å²) in [6.07, 6.45) is 1.91. The molecule has 6 nitrogen and oxygen atoms in total. The largest absolute Gasteiger partial charge is 0.357 e. The van der Waals surface area contributed by atoms with Gasteiger partial charge in [0.15, 0.2) is 5.96 Å². The Morgan fingerprint density at radius 3 is 2.44 bits per heavy atom. The molecule has 3 rings (SSSR count). The van der Waals surface area contributed by atoms with Crippen LogP contribution >= 0.6 is 24.0 Å². The van der Waals surface area contributed by atoms with E-state index in [0.29, 0.717) is 12.5 Å². The zero-order chi connectivity index (χ0) is 22.1. The zero-order valence-electron chi connectivity index (χ0n) is 20.0. The number of guanidine groups is 1. The van der Waals surface area contributed by atoms with Gasteiger partial charge in [0.1, 0.15) is 5.82 Å². The van der Waals surface area contributed by atoms with Gasteiger partial charge in [-0.15, -0.1) is 24.0 Å². The number of nitrogens with one attached hydrogen (secondary N) is 2. The third-order valence-electron chi connectivity index (χ3n) is 5.94. The summed E-state index contributed by atoms with van der Waals surface area (Å²) in [7, 11) is 0. The number of piperazine rings is 1. The van der Waals surface area contributed by atoms with Gasteiger partial charge in [-0.1, -0.05) is 43.7 Å². The number of halogens is 1. The number of aryl methyl sites for hydroxylation is 1. The van der Waals surface area contributed by atoms with Crippen LogP contribution in [0.2, 0.25) is 0 Å². The molecule has 0 radical (unpaired) electrons. The van der Waals surface area contributed by atoms with Crippen molar-refractivity contribution >= 4 is 35.8 Å². The van der Waals surface area contributed by atoms with Gasteiger partial charge < -0.3 is 20.4 Å². The van der Waals surface area contributed by atoms with Crippen molar-refractivity contribution in [2.45, 2.75) is 40.2 Å². The lowest BCUT2D eigenvalue weighted by atomic mass is 10.0. The van der Waals surface area contributed by atoms with Crippen molar-refractivity contribution in [3.05, 3.63) is 59.3 Å². The molecule has 1 atom stereocenters. The van der Waals surface area contributed by atoms with Gasteiger partial charge in [0.05, 0.1) is 6.54 Å². The van der Waals surface area contributed by atoms with Crippen LogP contribution in [-0.2, 0) is 6.54 Å². The molecular weight excluding hydrogens is 511 g/mol. The van der Waals surface area contributed by atoms with Crippen molar-refractivity contribution in [2.24, 2.45) is 4.99 Å². The van der Waals surface area contributed by atoms with Crippen LogP contribution in [0.5, 0.6) is 0 Å². The maximum absolute atomic E-state index is 4.81. The first-order valence-corrected chi connectivity index (χ1v) is 11.6. The van der Waals surface area contributed by atoms with E-state index < -0.39 is 0 Å². The molecule has 1 aliphatic rings. The highest BCUT2D eigenvalue weighted by atomic mass is 127. The van der Waals surface area contributed by atoms with Crippen molar-refractivity contribution in [1.29, 1.82) is 0 Å². The number of hydrogen-bond acceptors (Lipinski definition) is 4.